The number of carbonyl (C=O) groups is 1. The maximum Gasteiger partial charge on any atom is 0.255 e. The fourth-order valence-corrected chi connectivity index (χ4v) is 3.34. The molecule has 0 radical (unpaired) electrons. The first-order valence-electron chi connectivity index (χ1n) is 9.17. The molecule has 1 fully saturated rings. The van der Waals surface area contributed by atoms with Crippen LogP contribution in [0.3, 0.4) is 0 Å². The lowest BCUT2D eigenvalue weighted by atomic mass is 10.1. The number of halogens is 2. The zero-order chi connectivity index (χ0) is 20.8. The first kappa shape index (κ1) is 21.4. The van der Waals surface area contributed by atoms with E-state index in [2.05, 4.69) is 0 Å². The van der Waals surface area contributed by atoms with E-state index in [1.165, 1.54) is 20.3 Å². The van der Waals surface area contributed by atoms with Gasteiger partial charge in [-0.2, -0.15) is 0 Å². The maximum atomic E-state index is 13.7. The van der Waals surface area contributed by atoms with Crippen molar-refractivity contribution in [2.24, 2.45) is 0 Å². The minimum absolute atomic E-state index is 0.141. The van der Waals surface area contributed by atoms with Crippen molar-refractivity contribution in [3.63, 3.8) is 0 Å². The van der Waals surface area contributed by atoms with Gasteiger partial charge in [-0.3, -0.25) is 4.79 Å². The van der Waals surface area contributed by atoms with E-state index in [0.717, 1.165) is 0 Å². The second kappa shape index (κ2) is 9.91. The van der Waals surface area contributed by atoms with Gasteiger partial charge in [0.15, 0.2) is 11.5 Å². The molecule has 156 valence electrons. The van der Waals surface area contributed by atoms with Crippen LogP contribution in [0.15, 0.2) is 36.4 Å². The van der Waals surface area contributed by atoms with E-state index in [0.29, 0.717) is 42.3 Å². The minimum Gasteiger partial charge on any atom is -0.493 e. The molecule has 0 N–H and O–H groups in total. The van der Waals surface area contributed by atoms with Crippen LogP contribution in [0.4, 0.5) is 4.39 Å². The maximum absolute atomic E-state index is 13.7. The standard InChI is InChI=1S/C21H23ClFNO5/c1-26-19-9-16(17(22)10-20(19)27-2)21(25)24-7-8-29-15(11-24)13-28-12-14-5-3-4-6-18(14)23/h3-6,9-10,15H,7-8,11-13H2,1-2H3. The van der Waals surface area contributed by atoms with E-state index in [4.69, 9.17) is 30.5 Å². The van der Waals surface area contributed by atoms with Gasteiger partial charge >= 0.3 is 0 Å². The van der Waals surface area contributed by atoms with Gasteiger partial charge < -0.3 is 23.8 Å². The van der Waals surface area contributed by atoms with Gasteiger partial charge in [0.05, 0.1) is 50.7 Å². The summed E-state index contributed by atoms with van der Waals surface area (Å²) in [5.74, 6) is 0.351. The average molecular weight is 424 g/mol. The zero-order valence-electron chi connectivity index (χ0n) is 16.3. The van der Waals surface area contributed by atoms with Gasteiger partial charge in [0.2, 0.25) is 0 Å². The van der Waals surface area contributed by atoms with Crippen molar-refractivity contribution in [1.29, 1.82) is 0 Å². The van der Waals surface area contributed by atoms with Crippen LogP contribution in [-0.2, 0) is 16.1 Å². The van der Waals surface area contributed by atoms with Crippen LogP contribution in [0, 0.1) is 5.82 Å². The Hall–Kier alpha value is -2.35. The Bertz CT molecular complexity index is 863. The molecular weight excluding hydrogens is 401 g/mol. The molecule has 1 aliphatic rings. The summed E-state index contributed by atoms with van der Waals surface area (Å²) < 4.78 is 35.4. The van der Waals surface area contributed by atoms with Crippen LogP contribution in [0.5, 0.6) is 11.5 Å². The summed E-state index contributed by atoms with van der Waals surface area (Å²) in [6.07, 6.45) is -0.307. The Morgan fingerprint density at radius 3 is 2.69 bits per heavy atom. The normalized spacial score (nSPS) is 16.6. The second-order valence-electron chi connectivity index (χ2n) is 6.54. The number of hydrogen-bond acceptors (Lipinski definition) is 5. The summed E-state index contributed by atoms with van der Waals surface area (Å²) >= 11 is 6.28. The van der Waals surface area contributed by atoms with Gasteiger partial charge in [-0.25, -0.2) is 4.39 Å². The molecular formula is C21H23ClFNO5. The molecule has 2 aromatic rings. The van der Waals surface area contributed by atoms with Gasteiger partial charge in [-0.15, -0.1) is 0 Å². The zero-order valence-corrected chi connectivity index (χ0v) is 17.1. The second-order valence-corrected chi connectivity index (χ2v) is 6.94. The fraction of sp³-hybridized carbons (Fsp3) is 0.381. The van der Waals surface area contributed by atoms with Crippen molar-refractivity contribution in [2.45, 2.75) is 12.7 Å². The minimum atomic E-state index is -0.308. The van der Waals surface area contributed by atoms with Gasteiger partial charge in [-0.05, 0) is 12.1 Å². The number of nitrogens with zero attached hydrogens (tertiary/aromatic N) is 1. The van der Waals surface area contributed by atoms with E-state index in [-0.39, 0.29) is 36.1 Å². The van der Waals surface area contributed by atoms with Crippen molar-refractivity contribution < 1.29 is 28.1 Å². The number of carbonyl (C=O) groups excluding carboxylic acids is 1. The van der Waals surface area contributed by atoms with Crippen molar-refractivity contribution in [2.75, 3.05) is 40.5 Å². The number of hydrogen-bond donors (Lipinski definition) is 0. The summed E-state index contributed by atoms with van der Waals surface area (Å²) in [5, 5.41) is 0.284. The Kier molecular flexibility index (Phi) is 7.30. The third-order valence-corrected chi connectivity index (χ3v) is 4.96. The first-order valence-corrected chi connectivity index (χ1v) is 9.54. The monoisotopic (exact) mass is 423 g/mol. The topological polar surface area (TPSA) is 57.2 Å². The molecule has 1 atom stereocenters. The van der Waals surface area contributed by atoms with Gasteiger partial charge in [0.25, 0.3) is 5.91 Å². The third-order valence-electron chi connectivity index (χ3n) is 4.65. The molecule has 1 saturated heterocycles. The average Bonchev–Trinajstić information content (AvgIpc) is 2.74. The summed E-state index contributed by atoms with van der Waals surface area (Å²) in [6.45, 7) is 1.55. The predicted octanol–water partition coefficient (Wildman–Crippen LogP) is 3.55. The molecule has 1 amide bonds. The molecule has 0 saturated carbocycles. The smallest absolute Gasteiger partial charge is 0.255 e. The molecule has 3 rings (SSSR count). The number of rotatable bonds is 7. The Morgan fingerprint density at radius 2 is 1.97 bits per heavy atom. The highest BCUT2D eigenvalue weighted by atomic mass is 35.5. The molecule has 1 unspecified atom stereocenters. The summed E-state index contributed by atoms with van der Waals surface area (Å²) in [4.78, 5) is 14.6. The quantitative estimate of drug-likeness (QED) is 0.681. The van der Waals surface area contributed by atoms with Gasteiger partial charge in [0.1, 0.15) is 5.82 Å². The highest BCUT2D eigenvalue weighted by molar-refractivity contribution is 6.34. The number of morpholine rings is 1. The van der Waals surface area contributed by atoms with Crippen LogP contribution >= 0.6 is 11.6 Å². The highest BCUT2D eigenvalue weighted by Gasteiger charge is 2.27. The van der Waals surface area contributed by atoms with Crippen molar-refractivity contribution >= 4 is 17.5 Å². The van der Waals surface area contributed by atoms with Crippen molar-refractivity contribution in [3.05, 3.63) is 58.4 Å². The highest BCUT2D eigenvalue weighted by Crippen LogP contribution is 2.33. The van der Waals surface area contributed by atoms with Gasteiger partial charge in [0, 0.05) is 24.7 Å². The predicted molar refractivity (Wildman–Crippen MR) is 106 cm³/mol. The molecule has 8 heteroatoms. The van der Waals surface area contributed by atoms with Crippen molar-refractivity contribution in [1.82, 2.24) is 4.90 Å². The van der Waals surface area contributed by atoms with Crippen LogP contribution in [0.25, 0.3) is 0 Å². The van der Waals surface area contributed by atoms with E-state index in [1.807, 2.05) is 0 Å². The summed E-state index contributed by atoms with van der Waals surface area (Å²) in [6, 6.07) is 9.58. The van der Waals surface area contributed by atoms with Gasteiger partial charge in [-0.1, -0.05) is 29.8 Å². The lowest BCUT2D eigenvalue weighted by molar-refractivity contribution is -0.0649. The van der Waals surface area contributed by atoms with Crippen LogP contribution in [0.2, 0.25) is 5.02 Å². The Morgan fingerprint density at radius 1 is 1.24 bits per heavy atom. The number of amides is 1. The van der Waals surface area contributed by atoms with Crippen LogP contribution in [-0.4, -0.2) is 57.4 Å². The third kappa shape index (κ3) is 5.18. The molecule has 6 nitrogen and oxygen atoms in total. The fourth-order valence-electron chi connectivity index (χ4n) is 3.11. The first-order chi connectivity index (χ1) is 14.0. The molecule has 1 aliphatic heterocycles. The summed E-state index contributed by atoms with van der Waals surface area (Å²) in [7, 11) is 3.00. The van der Waals surface area contributed by atoms with Crippen molar-refractivity contribution in [3.8, 4) is 11.5 Å². The van der Waals surface area contributed by atoms with E-state index in [9.17, 15) is 9.18 Å². The van der Waals surface area contributed by atoms with E-state index < -0.39 is 0 Å². The molecule has 0 spiro atoms. The lowest BCUT2D eigenvalue weighted by Gasteiger charge is -2.33. The van der Waals surface area contributed by atoms with E-state index >= 15 is 0 Å². The molecule has 2 aromatic carbocycles. The lowest BCUT2D eigenvalue weighted by Crippen LogP contribution is -2.47. The molecule has 0 aromatic heterocycles. The van der Waals surface area contributed by atoms with E-state index in [1.54, 1.807) is 35.2 Å². The number of benzene rings is 2. The van der Waals surface area contributed by atoms with Crippen LogP contribution in [0.1, 0.15) is 15.9 Å². The molecule has 1 heterocycles. The summed E-state index contributed by atoms with van der Waals surface area (Å²) in [5.41, 5.74) is 0.811. The Balaban J connectivity index is 1.61. The SMILES string of the molecule is COc1cc(Cl)c(C(=O)N2CCOC(COCc3ccccc3F)C2)cc1OC. The molecule has 0 bridgehead atoms. The molecule has 29 heavy (non-hydrogen) atoms. The molecule has 0 aliphatic carbocycles. The number of ether oxygens (including phenoxy) is 4. The largest absolute Gasteiger partial charge is 0.493 e. The van der Waals surface area contributed by atoms with Crippen LogP contribution < -0.4 is 9.47 Å². The number of methoxy groups -OCH3 is 2. The Labute approximate surface area is 174 Å².